The molecular weight excluding hydrogens is 303 g/mol. The number of hydrogen-bond acceptors (Lipinski definition) is 3. The van der Waals surface area contributed by atoms with Crippen molar-refractivity contribution >= 4 is 35.0 Å². The third-order valence-corrected chi connectivity index (χ3v) is 3.47. The second kappa shape index (κ2) is 6.92. The lowest BCUT2D eigenvalue weighted by atomic mass is 10.2. The van der Waals surface area contributed by atoms with Gasteiger partial charge in [-0.3, -0.25) is 9.59 Å². The Kier molecular flexibility index (Phi) is 5.23. The van der Waals surface area contributed by atoms with E-state index in [-0.39, 0.29) is 18.4 Å². The maximum absolute atomic E-state index is 11.9. The molecule has 1 aliphatic heterocycles. The number of ether oxygens (including phenoxy) is 1. The van der Waals surface area contributed by atoms with Gasteiger partial charge in [0.25, 0.3) is 5.91 Å². The first-order chi connectivity index (χ1) is 9.58. The lowest BCUT2D eigenvalue weighted by Crippen LogP contribution is -2.45. The van der Waals surface area contributed by atoms with Crippen molar-refractivity contribution in [2.75, 3.05) is 32.8 Å². The molecule has 1 heterocycles. The van der Waals surface area contributed by atoms with Crippen molar-refractivity contribution in [3.05, 3.63) is 33.8 Å². The van der Waals surface area contributed by atoms with Gasteiger partial charge in [0.05, 0.1) is 17.2 Å². The first kappa shape index (κ1) is 15.1. The van der Waals surface area contributed by atoms with Crippen LogP contribution < -0.4 is 5.32 Å². The van der Waals surface area contributed by atoms with E-state index in [9.17, 15) is 9.59 Å². The van der Waals surface area contributed by atoms with Gasteiger partial charge in [0.1, 0.15) is 6.61 Å². The summed E-state index contributed by atoms with van der Waals surface area (Å²) in [5.41, 5.74) is 0.365. The molecule has 0 saturated carbocycles. The minimum atomic E-state index is -0.285. The average Bonchev–Trinajstić information content (AvgIpc) is 2.40. The third-order valence-electron chi connectivity index (χ3n) is 2.93. The number of amides is 2. The fraction of sp³-hybridized carbons (Fsp3) is 0.385. The van der Waals surface area contributed by atoms with E-state index >= 15 is 0 Å². The molecule has 0 aromatic heterocycles. The molecule has 0 bridgehead atoms. The van der Waals surface area contributed by atoms with Gasteiger partial charge in [-0.25, -0.2) is 0 Å². The van der Waals surface area contributed by atoms with Gasteiger partial charge >= 0.3 is 0 Å². The topological polar surface area (TPSA) is 58.6 Å². The second-order valence-electron chi connectivity index (χ2n) is 4.31. The Bertz CT molecular complexity index is 522. The largest absolute Gasteiger partial charge is 0.370 e. The summed E-state index contributed by atoms with van der Waals surface area (Å²) in [4.78, 5) is 25.1. The number of nitrogens with zero attached hydrogens (tertiary/aromatic N) is 1. The molecule has 0 atom stereocenters. The van der Waals surface area contributed by atoms with Crippen LogP contribution in [0.5, 0.6) is 0 Å². The van der Waals surface area contributed by atoms with Crippen LogP contribution in [0.1, 0.15) is 10.4 Å². The van der Waals surface area contributed by atoms with Crippen LogP contribution in [0.4, 0.5) is 0 Å². The summed E-state index contributed by atoms with van der Waals surface area (Å²) in [7, 11) is 0. The summed E-state index contributed by atoms with van der Waals surface area (Å²) in [6.45, 7) is 2.01. The van der Waals surface area contributed by atoms with E-state index in [1.165, 1.54) is 6.07 Å². The van der Waals surface area contributed by atoms with Crippen LogP contribution in [0.3, 0.4) is 0 Å². The van der Waals surface area contributed by atoms with Crippen LogP contribution in [-0.4, -0.2) is 49.6 Å². The Morgan fingerprint density at radius 2 is 2.20 bits per heavy atom. The highest BCUT2D eigenvalue weighted by Gasteiger charge is 2.18. The second-order valence-corrected chi connectivity index (χ2v) is 5.16. The molecular formula is C13H14Cl2N2O3. The summed E-state index contributed by atoms with van der Waals surface area (Å²) >= 11 is 11.7. The minimum absolute atomic E-state index is 0.0602. The molecule has 1 fully saturated rings. The van der Waals surface area contributed by atoms with Crippen LogP contribution >= 0.6 is 23.2 Å². The first-order valence-corrected chi connectivity index (χ1v) is 6.92. The van der Waals surface area contributed by atoms with Crippen LogP contribution in [0.2, 0.25) is 10.0 Å². The predicted molar refractivity (Wildman–Crippen MR) is 76.2 cm³/mol. The highest BCUT2D eigenvalue weighted by atomic mass is 35.5. The Morgan fingerprint density at radius 3 is 2.90 bits per heavy atom. The number of rotatable bonds is 4. The van der Waals surface area contributed by atoms with E-state index in [0.717, 1.165) is 0 Å². The van der Waals surface area contributed by atoms with E-state index in [1.54, 1.807) is 17.0 Å². The van der Waals surface area contributed by atoms with E-state index < -0.39 is 0 Å². The fourth-order valence-corrected chi connectivity index (χ4v) is 2.35. The Balaban J connectivity index is 1.84. The average molecular weight is 317 g/mol. The molecule has 1 aliphatic rings. The number of benzene rings is 1. The molecule has 0 radical (unpaired) electrons. The highest BCUT2D eigenvalue weighted by Crippen LogP contribution is 2.20. The van der Waals surface area contributed by atoms with Gasteiger partial charge in [-0.05, 0) is 18.2 Å². The van der Waals surface area contributed by atoms with Gasteiger partial charge in [-0.1, -0.05) is 23.2 Å². The molecule has 1 N–H and O–H groups in total. The van der Waals surface area contributed by atoms with Gasteiger partial charge in [0.15, 0.2) is 0 Å². The molecule has 5 nitrogen and oxygen atoms in total. The lowest BCUT2D eigenvalue weighted by molar-refractivity contribution is -0.142. The molecule has 0 unspecified atom stereocenters. The van der Waals surface area contributed by atoms with Gasteiger partial charge < -0.3 is 15.0 Å². The molecule has 1 aromatic carbocycles. The summed E-state index contributed by atoms with van der Waals surface area (Å²) < 4.78 is 5.03. The first-order valence-electron chi connectivity index (χ1n) is 6.16. The molecule has 108 valence electrons. The van der Waals surface area contributed by atoms with Crippen molar-refractivity contribution in [1.29, 1.82) is 0 Å². The lowest BCUT2D eigenvalue weighted by Gasteiger charge is -2.26. The van der Waals surface area contributed by atoms with Gasteiger partial charge in [0.2, 0.25) is 5.91 Å². The molecule has 1 aromatic rings. The third kappa shape index (κ3) is 3.85. The Morgan fingerprint density at radius 1 is 1.40 bits per heavy atom. The van der Waals surface area contributed by atoms with Crippen molar-refractivity contribution in [2.24, 2.45) is 0 Å². The maximum Gasteiger partial charge on any atom is 0.252 e. The van der Waals surface area contributed by atoms with Crippen molar-refractivity contribution in [1.82, 2.24) is 10.2 Å². The molecule has 2 amide bonds. The zero-order valence-corrected chi connectivity index (χ0v) is 12.2. The smallest absolute Gasteiger partial charge is 0.252 e. The van der Waals surface area contributed by atoms with Crippen molar-refractivity contribution in [3.63, 3.8) is 0 Å². The number of carbonyl (C=O) groups is 2. The summed E-state index contributed by atoms with van der Waals surface area (Å²) in [6, 6.07) is 4.69. The molecule has 0 aliphatic carbocycles. The fourth-order valence-electron chi connectivity index (χ4n) is 1.86. The van der Waals surface area contributed by atoms with E-state index in [4.69, 9.17) is 27.9 Å². The summed E-state index contributed by atoms with van der Waals surface area (Å²) in [5.74, 6) is -0.345. The van der Waals surface area contributed by atoms with Crippen molar-refractivity contribution in [3.8, 4) is 0 Å². The normalized spacial score (nSPS) is 15.3. The number of morpholine rings is 1. The number of nitrogens with one attached hydrogen (secondary N) is 1. The predicted octanol–water partition coefficient (Wildman–Crippen LogP) is 1.58. The monoisotopic (exact) mass is 316 g/mol. The number of hydrogen-bond donors (Lipinski definition) is 1. The SMILES string of the molecule is O=C(NCCN1CCOCC1=O)c1ccc(Cl)cc1Cl. The van der Waals surface area contributed by atoms with Crippen LogP contribution in [0, 0.1) is 0 Å². The number of carbonyl (C=O) groups excluding carboxylic acids is 2. The Hall–Kier alpha value is -1.30. The summed E-state index contributed by atoms with van der Waals surface area (Å²) in [6.07, 6.45) is 0. The highest BCUT2D eigenvalue weighted by molar-refractivity contribution is 6.36. The van der Waals surface area contributed by atoms with Gasteiger partial charge in [-0.2, -0.15) is 0 Å². The number of halogens is 2. The van der Waals surface area contributed by atoms with E-state index in [0.29, 0.717) is 41.8 Å². The van der Waals surface area contributed by atoms with Crippen LogP contribution in [0.25, 0.3) is 0 Å². The van der Waals surface area contributed by atoms with Crippen molar-refractivity contribution in [2.45, 2.75) is 0 Å². The zero-order chi connectivity index (χ0) is 14.5. The standard InChI is InChI=1S/C13H14Cl2N2O3/c14-9-1-2-10(11(15)7-9)13(19)16-3-4-17-5-6-20-8-12(17)18/h1-2,7H,3-6,8H2,(H,16,19). The molecule has 20 heavy (non-hydrogen) atoms. The minimum Gasteiger partial charge on any atom is -0.370 e. The maximum atomic E-state index is 11.9. The summed E-state index contributed by atoms with van der Waals surface area (Å²) in [5, 5.41) is 3.51. The van der Waals surface area contributed by atoms with Crippen LogP contribution in [0.15, 0.2) is 18.2 Å². The Labute approximate surface area is 126 Å². The van der Waals surface area contributed by atoms with Gasteiger partial charge in [0, 0.05) is 24.7 Å². The molecule has 1 saturated heterocycles. The molecule has 7 heteroatoms. The molecule has 2 rings (SSSR count). The quantitative estimate of drug-likeness (QED) is 0.917. The van der Waals surface area contributed by atoms with Crippen LogP contribution in [-0.2, 0) is 9.53 Å². The molecule has 0 spiro atoms. The zero-order valence-electron chi connectivity index (χ0n) is 10.7. The van der Waals surface area contributed by atoms with E-state index in [2.05, 4.69) is 5.32 Å². The van der Waals surface area contributed by atoms with Gasteiger partial charge in [-0.15, -0.1) is 0 Å². The van der Waals surface area contributed by atoms with Crippen molar-refractivity contribution < 1.29 is 14.3 Å². The van der Waals surface area contributed by atoms with E-state index in [1.807, 2.05) is 0 Å².